The monoisotopic (exact) mass is 385 g/mol. The van der Waals surface area contributed by atoms with Crippen molar-refractivity contribution in [2.75, 3.05) is 29.9 Å². The van der Waals surface area contributed by atoms with Gasteiger partial charge in [0.15, 0.2) is 0 Å². The van der Waals surface area contributed by atoms with Gasteiger partial charge in [0.1, 0.15) is 0 Å². The topological polar surface area (TPSA) is 44.4 Å². The SMILES string of the molecule is CC1CCN(c2ccc(NCCC(=O)NCc3ccccc3Cl)cc2)CC1. The molecule has 1 heterocycles. The van der Waals surface area contributed by atoms with Crippen LogP contribution in [0.5, 0.6) is 0 Å². The molecule has 0 aromatic heterocycles. The van der Waals surface area contributed by atoms with Gasteiger partial charge >= 0.3 is 0 Å². The number of anilines is 2. The minimum atomic E-state index is 0.0153. The Kier molecular flexibility index (Phi) is 6.99. The first-order chi connectivity index (χ1) is 13.1. The van der Waals surface area contributed by atoms with Crippen LogP contribution < -0.4 is 15.5 Å². The highest BCUT2D eigenvalue weighted by atomic mass is 35.5. The molecule has 4 nitrogen and oxygen atoms in total. The van der Waals surface area contributed by atoms with Gasteiger partial charge in [-0.3, -0.25) is 4.79 Å². The Balaban J connectivity index is 1.38. The summed E-state index contributed by atoms with van der Waals surface area (Å²) in [6.45, 7) is 5.67. The number of carbonyl (C=O) groups excluding carboxylic acids is 1. The molecular formula is C22H28ClN3O. The van der Waals surface area contributed by atoms with Crippen molar-refractivity contribution in [2.24, 2.45) is 5.92 Å². The third-order valence-corrected chi connectivity index (χ3v) is 5.50. The van der Waals surface area contributed by atoms with Crippen molar-refractivity contribution in [3.05, 3.63) is 59.1 Å². The molecular weight excluding hydrogens is 358 g/mol. The maximum absolute atomic E-state index is 12.0. The van der Waals surface area contributed by atoms with Gasteiger partial charge in [0.25, 0.3) is 0 Å². The Morgan fingerprint density at radius 1 is 1.11 bits per heavy atom. The van der Waals surface area contributed by atoms with E-state index in [1.807, 2.05) is 24.3 Å². The molecule has 5 heteroatoms. The molecule has 0 aliphatic carbocycles. The van der Waals surface area contributed by atoms with Crippen LogP contribution in [-0.2, 0) is 11.3 Å². The predicted octanol–water partition coefficient (Wildman–Crippen LogP) is 4.69. The lowest BCUT2D eigenvalue weighted by atomic mass is 9.99. The number of piperidine rings is 1. The molecule has 0 saturated carbocycles. The second-order valence-corrected chi connectivity index (χ2v) is 7.67. The third-order valence-electron chi connectivity index (χ3n) is 5.13. The quantitative estimate of drug-likeness (QED) is 0.726. The average Bonchev–Trinajstić information content (AvgIpc) is 2.69. The molecule has 2 aromatic rings. The van der Waals surface area contributed by atoms with Crippen molar-refractivity contribution in [1.82, 2.24) is 5.32 Å². The van der Waals surface area contributed by atoms with Crippen LogP contribution >= 0.6 is 11.6 Å². The van der Waals surface area contributed by atoms with E-state index in [0.29, 0.717) is 24.5 Å². The molecule has 0 bridgehead atoms. The zero-order valence-electron chi connectivity index (χ0n) is 15.9. The van der Waals surface area contributed by atoms with Gasteiger partial charge in [-0.15, -0.1) is 0 Å². The van der Waals surface area contributed by atoms with Crippen LogP contribution in [0.4, 0.5) is 11.4 Å². The summed E-state index contributed by atoms with van der Waals surface area (Å²) in [5.41, 5.74) is 3.26. The van der Waals surface area contributed by atoms with Gasteiger partial charge in [0.05, 0.1) is 0 Å². The number of hydrogen-bond acceptors (Lipinski definition) is 3. The number of nitrogens with one attached hydrogen (secondary N) is 2. The second-order valence-electron chi connectivity index (χ2n) is 7.26. The van der Waals surface area contributed by atoms with Crippen molar-refractivity contribution in [3.63, 3.8) is 0 Å². The molecule has 1 aliphatic rings. The second kappa shape index (κ2) is 9.65. The van der Waals surface area contributed by atoms with Crippen molar-refractivity contribution in [2.45, 2.75) is 32.7 Å². The van der Waals surface area contributed by atoms with Crippen LogP contribution in [0.15, 0.2) is 48.5 Å². The summed E-state index contributed by atoms with van der Waals surface area (Å²) in [5, 5.41) is 6.91. The van der Waals surface area contributed by atoms with E-state index in [1.165, 1.54) is 18.5 Å². The zero-order valence-corrected chi connectivity index (χ0v) is 16.6. The number of halogens is 1. The molecule has 0 spiro atoms. The summed E-state index contributed by atoms with van der Waals surface area (Å²) in [5.74, 6) is 0.854. The van der Waals surface area contributed by atoms with Crippen LogP contribution in [0.3, 0.4) is 0 Å². The van der Waals surface area contributed by atoms with Crippen LogP contribution in [0.2, 0.25) is 5.02 Å². The first-order valence-corrected chi connectivity index (χ1v) is 10.1. The summed E-state index contributed by atoms with van der Waals surface area (Å²) in [6.07, 6.45) is 2.96. The minimum Gasteiger partial charge on any atom is -0.385 e. The number of amides is 1. The van der Waals surface area contributed by atoms with E-state index in [4.69, 9.17) is 11.6 Å². The van der Waals surface area contributed by atoms with Crippen LogP contribution in [0, 0.1) is 5.92 Å². The highest BCUT2D eigenvalue weighted by Crippen LogP contribution is 2.24. The number of carbonyl (C=O) groups is 1. The number of hydrogen-bond donors (Lipinski definition) is 2. The summed E-state index contributed by atoms with van der Waals surface area (Å²) in [7, 11) is 0. The standard InChI is InChI=1S/C22H28ClN3O/c1-17-11-14-26(15-12-17)20-8-6-19(7-9-20)24-13-10-22(27)25-16-18-4-2-3-5-21(18)23/h2-9,17,24H,10-16H2,1H3,(H,25,27). The van der Waals surface area contributed by atoms with Gasteiger partial charge in [-0.1, -0.05) is 36.7 Å². The molecule has 144 valence electrons. The van der Waals surface area contributed by atoms with Gasteiger partial charge in [-0.25, -0.2) is 0 Å². The summed E-state index contributed by atoms with van der Waals surface area (Å²) in [4.78, 5) is 14.5. The normalized spacial score (nSPS) is 14.8. The maximum atomic E-state index is 12.0. The molecule has 1 amide bonds. The Morgan fingerprint density at radius 2 is 1.81 bits per heavy atom. The maximum Gasteiger partial charge on any atom is 0.222 e. The lowest BCUT2D eigenvalue weighted by molar-refractivity contribution is -0.121. The molecule has 1 saturated heterocycles. The fourth-order valence-electron chi connectivity index (χ4n) is 3.30. The van der Waals surface area contributed by atoms with E-state index in [9.17, 15) is 4.79 Å². The third kappa shape index (κ3) is 5.90. The number of nitrogens with zero attached hydrogens (tertiary/aromatic N) is 1. The molecule has 1 aliphatic heterocycles. The molecule has 3 rings (SSSR count). The average molecular weight is 386 g/mol. The fraction of sp³-hybridized carbons (Fsp3) is 0.409. The highest BCUT2D eigenvalue weighted by Gasteiger charge is 2.15. The Labute approximate surface area is 166 Å². The van der Waals surface area contributed by atoms with E-state index < -0.39 is 0 Å². The van der Waals surface area contributed by atoms with E-state index in [1.54, 1.807) is 0 Å². The molecule has 1 fully saturated rings. The molecule has 27 heavy (non-hydrogen) atoms. The number of rotatable bonds is 7. The first-order valence-electron chi connectivity index (χ1n) is 9.71. The van der Waals surface area contributed by atoms with Crippen molar-refractivity contribution >= 4 is 28.9 Å². The van der Waals surface area contributed by atoms with E-state index >= 15 is 0 Å². The van der Waals surface area contributed by atoms with Gasteiger partial charge in [-0.2, -0.15) is 0 Å². The van der Waals surface area contributed by atoms with E-state index in [-0.39, 0.29) is 5.91 Å². The first kappa shape index (κ1) is 19.6. The molecule has 0 unspecified atom stereocenters. The van der Waals surface area contributed by atoms with Crippen LogP contribution in [-0.4, -0.2) is 25.5 Å². The van der Waals surface area contributed by atoms with Crippen molar-refractivity contribution in [1.29, 1.82) is 0 Å². The molecule has 0 atom stereocenters. The largest absolute Gasteiger partial charge is 0.385 e. The Hall–Kier alpha value is -2.20. The fourth-order valence-corrected chi connectivity index (χ4v) is 3.50. The van der Waals surface area contributed by atoms with Gasteiger partial charge in [0.2, 0.25) is 5.91 Å². The lowest BCUT2D eigenvalue weighted by Gasteiger charge is -2.32. The minimum absolute atomic E-state index is 0.0153. The summed E-state index contributed by atoms with van der Waals surface area (Å²) < 4.78 is 0. The Morgan fingerprint density at radius 3 is 2.52 bits per heavy atom. The van der Waals surface area contributed by atoms with E-state index in [0.717, 1.165) is 30.3 Å². The van der Waals surface area contributed by atoms with E-state index in [2.05, 4.69) is 46.7 Å². The Bertz CT molecular complexity index is 739. The van der Waals surface area contributed by atoms with Crippen LogP contribution in [0.1, 0.15) is 31.7 Å². The van der Waals surface area contributed by atoms with Gasteiger partial charge in [-0.05, 0) is 54.7 Å². The van der Waals surface area contributed by atoms with Gasteiger partial charge < -0.3 is 15.5 Å². The van der Waals surface area contributed by atoms with Gasteiger partial charge in [0, 0.05) is 49.0 Å². The lowest BCUT2D eigenvalue weighted by Crippen LogP contribution is -2.32. The smallest absolute Gasteiger partial charge is 0.222 e. The summed E-state index contributed by atoms with van der Waals surface area (Å²) in [6, 6.07) is 16.1. The highest BCUT2D eigenvalue weighted by molar-refractivity contribution is 6.31. The van der Waals surface area contributed by atoms with Crippen molar-refractivity contribution in [3.8, 4) is 0 Å². The molecule has 2 aromatic carbocycles. The predicted molar refractivity (Wildman–Crippen MR) is 113 cm³/mol. The molecule has 0 radical (unpaired) electrons. The number of benzene rings is 2. The van der Waals surface area contributed by atoms with Crippen molar-refractivity contribution < 1.29 is 4.79 Å². The molecule has 2 N–H and O–H groups in total. The summed E-state index contributed by atoms with van der Waals surface area (Å²) >= 11 is 6.10. The van der Waals surface area contributed by atoms with Crippen LogP contribution in [0.25, 0.3) is 0 Å². The zero-order chi connectivity index (χ0) is 19.1.